The minimum Gasteiger partial charge on any atom is -0.478 e. The molecule has 1 rings (SSSR count). The SMILES string of the molecule is Nc1c(C(=O)O)cccc1C(=O)O. The number of aromatic carboxylic acids is 2. The molecule has 0 saturated carbocycles. The predicted molar refractivity (Wildman–Crippen MR) is 44.8 cm³/mol. The second-order valence-corrected chi connectivity index (χ2v) is 2.38. The summed E-state index contributed by atoms with van der Waals surface area (Å²) in [6.45, 7) is 0. The number of para-hydroxylation sites is 1. The molecule has 0 fully saturated rings. The summed E-state index contributed by atoms with van der Waals surface area (Å²) in [5, 5.41) is 17.2. The quantitative estimate of drug-likeness (QED) is 0.582. The second-order valence-electron chi connectivity index (χ2n) is 2.38. The average Bonchev–Trinajstić information content (AvgIpc) is 2.03. The Morgan fingerprint density at radius 3 is 1.77 bits per heavy atom. The fourth-order valence-electron chi connectivity index (χ4n) is 0.938. The third-order valence-electron chi connectivity index (χ3n) is 1.57. The van der Waals surface area contributed by atoms with E-state index in [1.165, 1.54) is 18.2 Å². The highest BCUT2D eigenvalue weighted by Gasteiger charge is 2.14. The van der Waals surface area contributed by atoms with Crippen molar-refractivity contribution in [1.82, 2.24) is 0 Å². The number of rotatable bonds is 2. The summed E-state index contributed by atoms with van der Waals surface area (Å²) in [6, 6.07) is 3.84. The number of hydrogen-bond donors (Lipinski definition) is 3. The maximum absolute atomic E-state index is 10.5. The molecule has 0 atom stereocenters. The lowest BCUT2D eigenvalue weighted by Crippen LogP contribution is -2.08. The molecule has 1 aromatic carbocycles. The lowest BCUT2D eigenvalue weighted by atomic mass is 10.1. The highest BCUT2D eigenvalue weighted by atomic mass is 16.4. The van der Waals surface area contributed by atoms with Gasteiger partial charge in [0.25, 0.3) is 0 Å². The minimum absolute atomic E-state index is 0.195. The fourth-order valence-corrected chi connectivity index (χ4v) is 0.938. The van der Waals surface area contributed by atoms with Crippen molar-refractivity contribution >= 4 is 17.6 Å². The van der Waals surface area contributed by atoms with Gasteiger partial charge in [0.2, 0.25) is 0 Å². The van der Waals surface area contributed by atoms with Gasteiger partial charge in [-0.3, -0.25) is 0 Å². The number of benzene rings is 1. The summed E-state index contributed by atoms with van der Waals surface area (Å²) in [5.74, 6) is -2.47. The summed E-state index contributed by atoms with van der Waals surface area (Å²) in [5.41, 5.74) is 4.71. The van der Waals surface area contributed by atoms with Crippen molar-refractivity contribution in [2.24, 2.45) is 0 Å². The first-order valence-corrected chi connectivity index (χ1v) is 3.39. The van der Waals surface area contributed by atoms with Crippen molar-refractivity contribution < 1.29 is 19.8 Å². The Morgan fingerprint density at radius 2 is 1.46 bits per heavy atom. The highest BCUT2D eigenvalue weighted by molar-refractivity contribution is 6.02. The number of carbonyl (C=O) groups is 2. The van der Waals surface area contributed by atoms with Crippen LogP contribution in [0.4, 0.5) is 5.69 Å². The summed E-state index contributed by atoms with van der Waals surface area (Å²) in [4.78, 5) is 21.0. The van der Waals surface area contributed by atoms with Crippen molar-refractivity contribution in [3.8, 4) is 0 Å². The van der Waals surface area contributed by atoms with E-state index in [0.29, 0.717) is 0 Å². The van der Waals surface area contributed by atoms with E-state index in [1.807, 2.05) is 0 Å². The molecule has 0 radical (unpaired) electrons. The first kappa shape index (κ1) is 9.05. The van der Waals surface area contributed by atoms with Gasteiger partial charge < -0.3 is 15.9 Å². The molecule has 0 aliphatic rings. The molecule has 4 N–H and O–H groups in total. The zero-order valence-electron chi connectivity index (χ0n) is 6.52. The summed E-state index contributed by atoms with van der Waals surface area (Å²) < 4.78 is 0. The molecule has 0 aliphatic heterocycles. The van der Waals surface area contributed by atoms with Gasteiger partial charge in [-0.1, -0.05) is 6.07 Å². The van der Waals surface area contributed by atoms with E-state index in [9.17, 15) is 9.59 Å². The highest BCUT2D eigenvalue weighted by Crippen LogP contribution is 2.17. The van der Waals surface area contributed by atoms with Crippen LogP contribution in [0.1, 0.15) is 20.7 Å². The van der Waals surface area contributed by atoms with Gasteiger partial charge in [-0.2, -0.15) is 0 Å². The number of hydrogen-bond acceptors (Lipinski definition) is 3. The van der Waals surface area contributed by atoms with E-state index >= 15 is 0 Å². The first-order chi connectivity index (χ1) is 6.04. The third kappa shape index (κ3) is 1.58. The van der Waals surface area contributed by atoms with Crippen molar-refractivity contribution in [3.63, 3.8) is 0 Å². The van der Waals surface area contributed by atoms with Gasteiger partial charge >= 0.3 is 11.9 Å². The monoisotopic (exact) mass is 181 g/mol. The molecule has 5 heteroatoms. The Morgan fingerprint density at radius 1 is 1.08 bits per heavy atom. The van der Waals surface area contributed by atoms with E-state index in [-0.39, 0.29) is 16.8 Å². The smallest absolute Gasteiger partial charge is 0.337 e. The van der Waals surface area contributed by atoms with Crippen LogP contribution >= 0.6 is 0 Å². The number of anilines is 1. The number of nitrogens with two attached hydrogens (primary N) is 1. The Balaban J connectivity index is 3.35. The lowest BCUT2D eigenvalue weighted by Gasteiger charge is -2.03. The lowest BCUT2D eigenvalue weighted by molar-refractivity contribution is 0.0696. The molecule has 0 bridgehead atoms. The average molecular weight is 181 g/mol. The van der Waals surface area contributed by atoms with Crippen LogP contribution in [0.2, 0.25) is 0 Å². The van der Waals surface area contributed by atoms with Crippen LogP contribution in [0.25, 0.3) is 0 Å². The molecular formula is C8H7NO4. The Bertz CT molecular complexity index is 340. The second kappa shape index (κ2) is 3.14. The molecule has 0 amide bonds. The van der Waals surface area contributed by atoms with Crippen LogP contribution in [0, 0.1) is 0 Å². The Kier molecular flexibility index (Phi) is 2.19. The molecule has 68 valence electrons. The van der Waals surface area contributed by atoms with E-state index < -0.39 is 11.9 Å². The number of nitrogen functional groups attached to an aromatic ring is 1. The van der Waals surface area contributed by atoms with Gasteiger partial charge in [0.15, 0.2) is 0 Å². The van der Waals surface area contributed by atoms with Crippen LogP contribution < -0.4 is 5.73 Å². The third-order valence-corrected chi connectivity index (χ3v) is 1.57. The molecule has 0 aliphatic carbocycles. The molecule has 1 aromatic rings. The zero-order chi connectivity index (χ0) is 10.0. The fraction of sp³-hybridized carbons (Fsp3) is 0. The Hall–Kier alpha value is -2.04. The predicted octanol–water partition coefficient (Wildman–Crippen LogP) is 0.665. The minimum atomic E-state index is -1.24. The van der Waals surface area contributed by atoms with Crippen molar-refractivity contribution in [1.29, 1.82) is 0 Å². The molecule has 13 heavy (non-hydrogen) atoms. The van der Waals surface area contributed by atoms with E-state index in [2.05, 4.69) is 0 Å². The van der Waals surface area contributed by atoms with E-state index in [1.54, 1.807) is 0 Å². The Labute approximate surface area is 73.4 Å². The maximum Gasteiger partial charge on any atom is 0.337 e. The van der Waals surface area contributed by atoms with Crippen molar-refractivity contribution in [2.45, 2.75) is 0 Å². The maximum atomic E-state index is 10.5. The molecule has 0 saturated heterocycles. The molecular weight excluding hydrogens is 174 g/mol. The molecule has 0 unspecified atom stereocenters. The van der Waals surface area contributed by atoms with Gasteiger partial charge in [0, 0.05) is 0 Å². The molecule has 0 aromatic heterocycles. The van der Waals surface area contributed by atoms with Crippen LogP contribution in [0.15, 0.2) is 18.2 Å². The van der Waals surface area contributed by atoms with E-state index in [4.69, 9.17) is 15.9 Å². The van der Waals surface area contributed by atoms with Crippen LogP contribution in [0.5, 0.6) is 0 Å². The first-order valence-electron chi connectivity index (χ1n) is 3.39. The van der Waals surface area contributed by atoms with Gasteiger partial charge in [-0.25, -0.2) is 9.59 Å². The largest absolute Gasteiger partial charge is 0.478 e. The van der Waals surface area contributed by atoms with Gasteiger partial charge in [0.05, 0.1) is 16.8 Å². The van der Waals surface area contributed by atoms with Crippen molar-refractivity contribution in [3.05, 3.63) is 29.3 Å². The van der Waals surface area contributed by atoms with Crippen LogP contribution in [0.3, 0.4) is 0 Å². The van der Waals surface area contributed by atoms with Crippen molar-refractivity contribution in [2.75, 3.05) is 5.73 Å². The molecule has 0 heterocycles. The van der Waals surface area contributed by atoms with Gasteiger partial charge in [-0.05, 0) is 12.1 Å². The summed E-state index contributed by atoms with van der Waals surface area (Å²) >= 11 is 0. The standard InChI is InChI=1S/C8H7NO4/c9-6-4(7(10)11)2-1-3-5(6)8(12)13/h1-3H,9H2,(H,10,11)(H,12,13). The number of carboxylic acid groups (broad SMARTS) is 2. The normalized spacial score (nSPS) is 9.54. The van der Waals surface area contributed by atoms with E-state index in [0.717, 1.165) is 0 Å². The number of carboxylic acids is 2. The summed E-state index contributed by atoms with van der Waals surface area (Å²) in [7, 11) is 0. The zero-order valence-corrected chi connectivity index (χ0v) is 6.52. The topological polar surface area (TPSA) is 101 Å². The van der Waals surface area contributed by atoms with Gasteiger partial charge in [-0.15, -0.1) is 0 Å². The van der Waals surface area contributed by atoms with Gasteiger partial charge in [0.1, 0.15) is 0 Å². The molecule has 5 nitrogen and oxygen atoms in total. The summed E-state index contributed by atoms with van der Waals surface area (Å²) in [6.07, 6.45) is 0. The molecule has 0 spiro atoms. The van der Waals surface area contributed by atoms with Crippen LogP contribution in [-0.4, -0.2) is 22.2 Å². The van der Waals surface area contributed by atoms with Crippen LogP contribution in [-0.2, 0) is 0 Å².